The van der Waals surface area contributed by atoms with E-state index < -0.39 is 27.6 Å². The third-order valence-corrected chi connectivity index (χ3v) is 9.00. The first-order valence-electron chi connectivity index (χ1n) is 14.0. The zero-order valence-electron chi connectivity index (χ0n) is 23.3. The first kappa shape index (κ1) is 30.1. The molecule has 7 nitrogen and oxygen atoms in total. The first-order chi connectivity index (χ1) is 20.7. The Balaban J connectivity index is 1.20. The number of nitrogens with one attached hydrogen (secondary N) is 1. The number of carbonyl (C=O) groups excluding carboxylic acids is 2. The molecular formula is C33H31F2N3O4S. The lowest BCUT2D eigenvalue weighted by molar-refractivity contribution is 0.0535. The van der Waals surface area contributed by atoms with Crippen LogP contribution in [0.3, 0.4) is 0 Å². The number of amides is 2. The summed E-state index contributed by atoms with van der Waals surface area (Å²) in [7, 11) is -3.90. The topological polar surface area (TPSA) is 86.8 Å². The number of carbonyl (C=O) groups is 2. The summed E-state index contributed by atoms with van der Waals surface area (Å²) in [6.45, 7) is 1.02. The van der Waals surface area contributed by atoms with Crippen LogP contribution < -0.4 is 4.72 Å². The van der Waals surface area contributed by atoms with Gasteiger partial charge < -0.3 is 9.80 Å². The van der Waals surface area contributed by atoms with Crippen LogP contribution in [0.1, 0.15) is 44.2 Å². The van der Waals surface area contributed by atoms with Gasteiger partial charge in [0, 0.05) is 49.8 Å². The molecule has 0 spiro atoms. The molecule has 0 bridgehead atoms. The molecule has 1 aliphatic heterocycles. The van der Waals surface area contributed by atoms with Crippen LogP contribution in [0.2, 0.25) is 0 Å². The smallest absolute Gasteiger partial charge is 0.254 e. The van der Waals surface area contributed by atoms with E-state index in [1.165, 1.54) is 29.2 Å². The summed E-state index contributed by atoms with van der Waals surface area (Å²) >= 11 is 0. The van der Waals surface area contributed by atoms with Crippen molar-refractivity contribution in [3.63, 3.8) is 0 Å². The molecule has 1 N–H and O–H groups in total. The monoisotopic (exact) mass is 603 g/mol. The Morgan fingerprint density at radius 2 is 1.21 bits per heavy atom. The molecule has 1 aliphatic rings. The minimum atomic E-state index is -3.90. The molecular weight excluding hydrogens is 572 g/mol. The van der Waals surface area contributed by atoms with Crippen LogP contribution >= 0.6 is 0 Å². The Hall–Kier alpha value is -4.41. The average Bonchev–Trinajstić information content (AvgIpc) is 3.04. The first-order valence-corrected chi connectivity index (χ1v) is 15.4. The van der Waals surface area contributed by atoms with Crippen molar-refractivity contribution in [2.24, 2.45) is 0 Å². The van der Waals surface area contributed by atoms with E-state index in [4.69, 9.17) is 0 Å². The maximum atomic E-state index is 13.6. The van der Waals surface area contributed by atoms with Crippen molar-refractivity contribution in [3.05, 3.63) is 137 Å². The second-order valence-corrected chi connectivity index (χ2v) is 12.1. The second kappa shape index (κ2) is 13.3. The Morgan fingerprint density at radius 3 is 1.74 bits per heavy atom. The van der Waals surface area contributed by atoms with Crippen molar-refractivity contribution >= 4 is 21.8 Å². The van der Waals surface area contributed by atoms with Crippen LogP contribution in [-0.2, 0) is 10.0 Å². The zero-order valence-corrected chi connectivity index (χ0v) is 24.1. The Bertz CT molecular complexity index is 1650. The molecule has 0 radical (unpaired) electrons. The molecule has 0 atom stereocenters. The predicted molar refractivity (Wildman–Crippen MR) is 159 cm³/mol. The van der Waals surface area contributed by atoms with Crippen LogP contribution in [-0.4, -0.2) is 62.8 Å². The third-order valence-electron chi connectivity index (χ3n) is 7.54. The number of hydrogen-bond donors (Lipinski definition) is 1. The molecule has 43 heavy (non-hydrogen) atoms. The molecule has 222 valence electrons. The number of piperazine rings is 1. The van der Waals surface area contributed by atoms with Gasteiger partial charge in [-0.25, -0.2) is 21.9 Å². The number of sulfonamides is 1. The van der Waals surface area contributed by atoms with E-state index in [-0.39, 0.29) is 60.6 Å². The van der Waals surface area contributed by atoms with Gasteiger partial charge in [0.05, 0.1) is 4.90 Å². The van der Waals surface area contributed by atoms with Gasteiger partial charge >= 0.3 is 0 Å². The number of halogens is 2. The molecule has 0 aliphatic carbocycles. The summed E-state index contributed by atoms with van der Waals surface area (Å²) in [5.74, 6) is -2.94. The fraction of sp³-hybridized carbons (Fsp3) is 0.212. The van der Waals surface area contributed by atoms with Gasteiger partial charge in [0.2, 0.25) is 10.0 Å². The van der Waals surface area contributed by atoms with Crippen molar-refractivity contribution < 1.29 is 26.8 Å². The quantitative estimate of drug-likeness (QED) is 0.290. The highest BCUT2D eigenvalue weighted by Crippen LogP contribution is 2.27. The SMILES string of the molecule is O=C(c1cccc(S(=O)(=O)NCCC(c2ccccc2)c2ccccc2)c1)N1CCN(C(=O)c2ccc(F)c(F)c2)CC1. The fourth-order valence-corrected chi connectivity index (χ4v) is 6.31. The predicted octanol–water partition coefficient (Wildman–Crippen LogP) is 5.06. The Kier molecular flexibility index (Phi) is 9.27. The minimum Gasteiger partial charge on any atom is -0.335 e. The molecule has 2 amide bonds. The standard InChI is InChI=1S/C33H31F2N3O4S/c34-30-15-14-27(23-31(30)35)33(40)38-20-18-37(19-21-38)32(39)26-12-7-13-28(22-26)43(41,42)36-17-16-29(24-8-3-1-4-9-24)25-10-5-2-6-11-25/h1-15,22-23,29,36H,16-21H2. The van der Waals surface area contributed by atoms with Gasteiger partial charge in [0.1, 0.15) is 0 Å². The van der Waals surface area contributed by atoms with Crippen LogP contribution in [0.25, 0.3) is 0 Å². The van der Waals surface area contributed by atoms with Crippen molar-refractivity contribution in [2.45, 2.75) is 17.2 Å². The molecule has 0 saturated carbocycles. The van der Waals surface area contributed by atoms with Gasteiger partial charge in [-0.1, -0.05) is 66.7 Å². The van der Waals surface area contributed by atoms with Gasteiger partial charge in [-0.3, -0.25) is 9.59 Å². The Morgan fingerprint density at radius 1 is 0.674 bits per heavy atom. The zero-order chi connectivity index (χ0) is 30.4. The van der Waals surface area contributed by atoms with E-state index in [1.54, 1.807) is 11.0 Å². The van der Waals surface area contributed by atoms with Crippen LogP contribution in [0.5, 0.6) is 0 Å². The third kappa shape index (κ3) is 7.15. The number of rotatable bonds is 9. The highest BCUT2D eigenvalue weighted by Gasteiger charge is 2.27. The summed E-state index contributed by atoms with van der Waals surface area (Å²) in [5, 5.41) is 0. The summed E-state index contributed by atoms with van der Waals surface area (Å²) in [4.78, 5) is 29.0. The number of nitrogens with zero attached hydrogens (tertiary/aromatic N) is 2. The van der Waals surface area contributed by atoms with Crippen LogP contribution in [0.4, 0.5) is 8.78 Å². The molecule has 1 saturated heterocycles. The van der Waals surface area contributed by atoms with E-state index in [2.05, 4.69) is 4.72 Å². The fourth-order valence-electron chi connectivity index (χ4n) is 5.22. The molecule has 1 heterocycles. The maximum absolute atomic E-state index is 13.6. The maximum Gasteiger partial charge on any atom is 0.254 e. The van der Waals surface area contributed by atoms with E-state index in [9.17, 15) is 26.8 Å². The summed E-state index contributed by atoms with van der Waals surface area (Å²) in [6, 6.07) is 28.7. The van der Waals surface area contributed by atoms with Crippen LogP contribution in [0.15, 0.2) is 108 Å². The second-order valence-electron chi connectivity index (χ2n) is 10.3. The lowest BCUT2D eigenvalue weighted by Crippen LogP contribution is -2.50. The molecule has 10 heteroatoms. The molecule has 5 rings (SSSR count). The van der Waals surface area contributed by atoms with Gasteiger partial charge in [0.25, 0.3) is 11.8 Å². The van der Waals surface area contributed by atoms with Crippen molar-refractivity contribution in [2.75, 3.05) is 32.7 Å². The largest absolute Gasteiger partial charge is 0.335 e. The molecule has 0 aromatic heterocycles. The van der Waals surface area contributed by atoms with Gasteiger partial charge in [-0.2, -0.15) is 0 Å². The molecule has 4 aromatic carbocycles. The normalized spacial score (nSPS) is 13.7. The number of hydrogen-bond acceptors (Lipinski definition) is 4. The highest BCUT2D eigenvalue weighted by molar-refractivity contribution is 7.89. The van der Waals surface area contributed by atoms with E-state index in [1.807, 2.05) is 60.7 Å². The van der Waals surface area contributed by atoms with E-state index >= 15 is 0 Å². The lowest BCUT2D eigenvalue weighted by atomic mass is 9.89. The van der Waals surface area contributed by atoms with E-state index in [0.717, 1.165) is 23.3 Å². The summed E-state index contributed by atoms with van der Waals surface area (Å²) in [5.41, 5.74) is 2.43. The highest BCUT2D eigenvalue weighted by atomic mass is 32.2. The van der Waals surface area contributed by atoms with Crippen LogP contribution in [0, 0.1) is 11.6 Å². The number of benzene rings is 4. The summed E-state index contributed by atoms with van der Waals surface area (Å²) in [6.07, 6.45) is 0.541. The van der Waals surface area contributed by atoms with Gasteiger partial charge in [-0.15, -0.1) is 0 Å². The lowest BCUT2D eigenvalue weighted by Gasteiger charge is -2.35. The van der Waals surface area contributed by atoms with Crippen molar-refractivity contribution in [1.82, 2.24) is 14.5 Å². The minimum absolute atomic E-state index is 0.00522. The van der Waals surface area contributed by atoms with Gasteiger partial charge in [0.15, 0.2) is 11.6 Å². The molecule has 1 fully saturated rings. The van der Waals surface area contributed by atoms with Crippen molar-refractivity contribution in [3.8, 4) is 0 Å². The molecule has 4 aromatic rings. The summed E-state index contributed by atoms with van der Waals surface area (Å²) < 4.78 is 55.9. The average molecular weight is 604 g/mol. The van der Waals surface area contributed by atoms with Gasteiger partial charge in [-0.05, 0) is 53.9 Å². The van der Waals surface area contributed by atoms with Crippen molar-refractivity contribution in [1.29, 1.82) is 0 Å². The molecule has 0 unspecified atom stereocenters. The van der Waals surface area contributed by atoms with E-state index in [0.29, 0.717) is 6.42 Å². The Labute approximate surface area is 249 Å².